The number of aromatic hydroxyl groups is 1. The first-order valence-corrected chi connectivity index (χ1v) is 8.59. The molecule has 1 aliphatic heterocycles. The number of thioether (sulfide) groups is 1. The summed E-state index contributed by atoms with van der Waals surface area (Å²) < 4.78 is 5.86. The summed E-state index contributed by atoms with van der Waals surface area (Å²) in [4.78, 5) is 17.0. The fourth-order valence-electron chi connectivity index (χ4n) is 2.10. The largest absolute Gasteiger partial charge is 0.504 e. The smallest absolute Gasteiger partial charge is 0.264 e. The van der Waals surface area contributed by atoms with Gasteiger partial charge in [0, 0.05) is 10.0 Å². The van der Waals surface area contributed by atoms with Crippen LogP contribution in [-0.4, -0.2) is 23.3 Å². The van der Waals surface area contributed by atoms with Gasteiger partial charge in [-0.3, -0.25) is 4.79 Å². The maximum Gasteiger partial charge on any atom is 0.264 e. The van der Waals surface area contributed by atoms with Crippen molar-refractivity contribution in [2.24, 2.45) is 4.99 Å². The molecule has 0 aromatic heterocycles. The summed E-state index contributed by atoms with van der Waals surface area (Å²) in [5.41, 5.74) is 1.24. The quantitative estimate of drug-likeness (QED) is 0.756. The van der Waals surface area contributed by atoms with Crippen molar-refractivity contribution < 1.29 is 14.6 Å². The van der Waals surface area contributed by atoms with Crippen LogP contribution >= 0.6 is 27.7 Å². The van der Waals surface area contributed by atoms with Crippen molar-refractivity contribution in [3.63, 3.8) is 0 Å². The monoisotopic (exact) mass is 404 g/mol. The van der Waals surface area contributed by atoms with Gasteiger partial charge in [0.25, 0.3) is 5.91 Å². The lowest BCUT2D eigenvalue weighted by molar-refractivity contribution is -0.115. The van der Waals surface area contributed by atoms with E-state index in [9.17, 15) is 9.90 Å². The molecule has 122 valence electrons. The average molecular weight is 405 g/mol. The molecular weight excluding hydrogens is 392 g/mol. The molecule has 0 unspecified atom stereocenters. The standard InChI is InChI=1S/C17H13BrN2O3S/c1-23-13-9-11(18)7-10(15(13)21)8-14-16(22)20-17(24-14)19-12-5-3-2-4-6-12/h2-9,21H,1H3,(H,19,20,22). The summed E-state index contributed by atoms with van der Waals surface area (Å²) >= 11 is 4.58. The van der Waals surface area contributed by atoms with Crippen LogP contribution < -0.4 is 10.1 Å². The highest BCUT2D eigenvalue weighted by Crippen LogP contribution is 2.37. The summed E-state index contributed by atoms with van der Waals surface area (Å²) in [6.07, 6.45) is 1.61. The third-order valence-corrected chi connectivity index (χ3v) is 4.58. The van der Waals surface area contributed by atoms with E-state index in [1.54, 1.807) is 18.2 Å². The molecule has 0 saturated carbocycles. The third-order valence-electron chi connectivity index (χ3n) is 3.21. The van der Waals surface area contributed by atoms with Crippen LogP contribution in [-0.2, 0) is 4.79 Å². The minimum Gasteiger partial charge on any atom is -0.504 e. The number of amidine groups is 1. The van der Waals surface area contributed by atoms with Gasteiger partial charge in [-0.05, 0) is 42.1 Å². The molecule has 1 amide bonds. The van der Waals surface area contributed by atoms with Gasteiger partial charge in [0.05, 0.1) is 17.7 Å². The molecule has 24 heavy (non-hydrogen) atoms. The number of carbonyl (C=O) groups excluding carboxylic acids is 1. The van der Waals surface area contributed by atoms with Gasteiger partial charge in [0.1, 0.15) is 0 Å². The normalized spacial score (nSPS) is 17.3. The Bertz CT molecular complexity index is 850. The SMILES string of the molecule is COc1cc(Br)cc(C=C2SC(=Nc3ccccc3)NC2=O)c1O. The molecule has 0 bridgehead atoms. The highest BCUT2D eigenvalue weighted by molar-refractivity contribution is 9.10. The molecule has 0 radical (unpaired) electrons. The molecule has 7 heteroatoms. The fraction of sp³-hybridized carbons (Fsp3) is 0.0588. The number of ether oxygens (including phenoxy) is 1. The molecular formula is C17H13BrN2O3S. The average Bonchev–Trinajstić information content (AvgIpc) is 2.91. The Balaban J connectivity index is 1.91. The fourth-order valence-corrected chi connectivity index (χ4v) is 3.39. The predicted molar refractivity (Wildman–Crippen MR) is 99.6 cm³/mol. The van der Waals surface area contributed by atoms with Crippen LogP contribution in [0.5, 0.6) is 11.5 Å². The van der Waals surface area contributed by atoms with E-state index in [0.29, 0.717) is 21.4 Å². The highest BCUT2D eigenvalue weighted by atomic mass is 79.9. The van der Waals surface area contributed by atoms with E-state index >= 15 is 0 Å². The maximum atomic E-state index is 12.1. The molecule has 2 N–H and O–H groups in total. The van der Waals surface area contributed by atoms with Crippen LogP contribution in [0.4, 0.5) is 5.69 Å². The number of para-hydroxylation sites is 1. The van der Waals surface area contributed by atoms with Crippen LogP contribution in [0.15, 0.2) is 56.8 Å². The van der Waals surface area contributed by atoms with Crippen molar-refractivity contribution in [3.05, 3.63) is 57.4 Å². The number of hydrogen-bond donors (Lipinski definition) is 2. The molecule has 0 spiro atoms. The van der Waals surface area contributed by atoms with E-state index < -0.39 is 0 Å². The van der Waals surface area contributed by atoms with Gasteiger partial charge in [-0.25, -0.2) is 4.99 Å². The Hall–Kier alpha value is -2.25. The molecule has 2 aromatic carbocycles. The number of methoxy groups -OCH3 is 1. The van der Waals surface area contributed by atoms with Gasteiger partial charge in [-0.2, -0.15) is 0 Å². The number of amides is 1. The first-order chi connectivity index (χ1) is 11.6. The number of nitrogens with zero attached hydrogens (tertiary/aromatic N) is 1. The number of nitrogens with one attached hydrogen (secondary N) is 1. The zero-order valence-corrected chi connectivity index (χ0v) is 15.0. The maximum absolute atomic E-state index is 12.1. The number of phenolic OH excluding ortho intramolecular Hbond substituents is 1. The van der Waals surface area contributed by atoms with Crippen LogP contribution in [0.1, 0.15) is 5.56 Å². The number of carbonyl (C=O) groups is 1. The highest BCUT2D eigenvalue weighted by Gasteiger charge is 2.24. The summed E-state index contributed by atoms with van der Waals surface area (Å²) in [7, 11) is 1.47. The second kappa shape index (κ2) is 7.11. The van der Waals surface area contributed by atoms with Crippen molar-refractivity contribution in [2.75, 3.05) is 7.11 Å². The topological polar surface area (TPSA) is 70.9 Å². The summed E-state index contributed by atoms with van der Waals surface area (Å²) in [6, 6.07) is 12.7. The first kappa shape index (κ1) is 16.6. The molecule has 0 atom stereocenters. The van der Waals surface area contributed by atoms with E-state index in [1.165, 1.54) is 18.9 Å². The predicted octanol–water partition coefficient (Wildman–Crippen LogP) is 4.05. The lowest BCUT2D eigenvalue weighted by Crippen LogP contribution is -2.19. The second-order valence-electron chi connectivity index (χ2n) is 4.86. The second-order valence-corrected chi connectivity index (χ2v) is 6.81. The Morgan fingerprint density at radius 2 is 2.04 bits per heavy atom. The van der Waals surface area contributed by atoms with E-state index in [2.05, 4.69) is 26.2 Å². The Morgan fingerprint density at radius 1 is 1.29 bits per heavy atom. The van der Waals surface area contributed by atoms with Crippen molar-refractivity contribution in [3.8, 4) is 11.5 Å². The van der Waals surface area contributed by atoms with E-state index in [0.717, 1.165) is 10.2 Å². The lowest BCUT2D eigenvalue weighted by Gasteiger charge is -2.07. The van der Waals surface area contributed by atoms with Crippen molar-refractivity contribution in [1.82, 2.24) is 5.32 Å². The third kappa shape index (κ3) is 3.63. The van der Waals surface area contributed by atoms with Crippen LogP contribution in [0.2, 0.25) is 0 Å². The van der Waals surface area contributed by atoms with Gasteiger partial charge in [-0.1, -0.05) is 34.1 Å². The number of halogens is 1. The van der Waals surface area contributed by atoms with Crippen molar-refractivity contribution >= 4 is 50.5 Å². The summed E-state index contributed by atoms with van der Waals surface area (Å²) in [5.74, 6) is 0.0564. The van der Waals surface area contributed by atoms with Gasteiger partial charge in [-0.15, -0.1) is 0 Å². The minimum absolute atomic E-state index is 0.0185. The lowest BCUT2D eigenvalue weighted by atomic mass is 10.1. The number of aliphatic imine (C=N–C) groups is 1. The van der Waals surface area contributed by atoms with Crippen LogP contribution in [0, 0.1) is 0 Å². The zero-order chi connectivity index (χ0) is 17.1. The number of phenols is 1. The summed E-state index contributed by atoms with van der Waals surface area (Å²) in [5, 5.41) is 13.4. The Labute approximate surface area is 151 Å². The molecule has 1 heterocycles. The molecule has 3 rings (SSSR count). The summed E-state index contributed by atoms with van der Waals surface area (Å²) in [6.45, 7) is 0. The molecule has 0 aliphatic carbocycles. The molecule has 1 fully saturated rings. The van der Waals surface area contributed by atoms with Crippen LogP contribution in [0.25, 0.3) is 6.08 Å². The number of hydrogen-bond acceptors (Lipinski definition) is 5. The first-order valence-electron chi connectivity index (χ1n) is 6.98. The molecule has 5 nitrogen and oxygen atoms in total. The van der Waals surface area contributed by atoms with E-state index in [-0.39, 0.29) is 11.7 Å². The number of rotatable bonds is 3. The molecule has 1 aliphatic rings. The van der Waals surface area contributed by atoms with Gasteiger partial charge < -0.3 is 15.2 Å². The Kier molecular flexibility index (Phi) is 4.92. The molecule has 2 aromatic rings. The number of benzene rings is 2. The Morgan fingerprint density at radius 3 is 2.75 bits per heavy atom. The van der Waals surface area contributed by atoms with Crippen LogP contribution in [0.3, 0.4) is 0 Å². The zero-order valence-electron chi connectivity index (χ0n) is 12.6. The van der Waals surface area contributed by atoms with E-state index in [4.69, 9.17) is 4.74 Å². The molecule has 1 saturated heterocycles. The van der Waals surface area contributed by atoms with E-state index in [1.807, 2.05) is 30.3 Å². The van der Waals surface area contributed by atoms with Gasteiger partial charge >= 0.3 is 0 Å². The van der Waals surface area contributed by atoms with Gasteiger partial charge in [0.15, 0.2) is 16.7 Å². The minimum atomic E-state index is -0.256. The van der Waals surface area contributed by atoms with Crippen molar-refractivity contribution in [2.45, 2.75) is 0 Å². The van der Waals surface area contributed by atoms with Gasteiger partial charge in [0.2, 0.25) is 0 Å². The van der Waals surface area contributed by atoms with Crippen molar-refractivity contribution in [1.29, 1.82) is 0 Å².